The molecule has 0 unspecified atom stereocenters. The Morgan fingerprint density at radius 3 is 2.60 bits per heavy atom. The zero-order valence-corrected chi connectivity index (χ0v) is 14.6. The quantitative estimate of drug-likeness (QED) is 0.772. The first-order valence-corrected chi connectivity index (χ1v) is 8.55. The first kappa shape index (κ1) is 15.7. The lowest BCUT2D eigenvalue weighted by molar-refractivity contribution is 0.458. The van der Waals surface area contributed by atoms with E-state index in [1.54, 1.807) is 7.05 Å². The fraction of sp³-hybridized carbons (Fsp3) is 0.389. The smallest absolute Gasteiger partial charge is 0.312 e. The van der Waals surface area contributed by atoms with E-state index in [0.717, 1.165) is 18.7 Å². The third kappa shape index (κ3) is 2.38. The number of H-pyrrole nitrogens is 1. The zero-order chi connectivity index (χ0) is 17.7. The Balaban J connectivity index is 1.95. The average molecular weight is 339 g/mol. The van der Waals surface area contributed by atoms with E-state index >= 15 is 0 Å². The summed E-state index contributed by atoms with van der Waals surface area (Å²) in [5.74, 6) is 1.07. The summed E-state index contributed by atoms with van der Waals surface area (Å²) in [6.45, 7) is 5.81. The molecule has 1 aliphatic heterocycles. The summed E-state index contributed by atoms with van der Waals surface area (Å²) in [5.41, 5.74) is 2.38. The third-order valence-corrected chi connectivity index (χ3v) is 4.87. The number of aromatic nitrogens is 4. The molecule has 0 fully saturated rings. The van der Waals surface area contributed by atoms with Crippen molar-refractivity contribution >= 4 is 22.8 Å². The molecule has 0 aliphatic carbocycles. The van der Waals surface area contributed by atoms with Gasteiger partial charge in [-0.3, -0.25) is 14.3 Å². The van der Waals surface area contributed by atoms with Crippen molar-refractivity contribution < 1.29 is 0 Å². The van der Waals surface area contributed by atoms with E-state index in [9.17, 15) is 9.59 Å². The molecule has 3 heterocycles. The normalized spacial score (nSPS) is 17.1. The first-order valence-electron chi connectivity index (χ1n) is 8.55. The van der Waals surface area contributed by atoms with Crippen LogP contribution < -0.4 is 16.1 Å². The van der Waals surface area contributed by atoms with Crippen molar-refractivity contribution in [2.24, 2.45) is 13.0 Å². The summed E-state index contributed by atoms with van der Waals surface area (Å²) in [5, 5.41) is 0. The second kappa shape index (κ2) is 5.61. The number of nitrogens with zero attached hydrogens (tertiary/aromatic N) is 4. The summed E-state index contributed by atoms with van der Waals surface area (Å²) in [4.78, 5) is 33.4. The SMILES string of the molecule is CCc1ccc(N2C[C@H](C)Cn3c2nc2c3c(=O)[nH]c(=O)n2C)cc1. The number of nitrogens with one attached hydrogen (secondary N) is 1. The van der Waals surface area contributed by atoms with Gasteiger partial charge in [0.25, 0.3) is 5.56 Å². The number of benzene rings is 1. The lowest BCUT2D eigenvalue weighted by Gasteiger charge is -2.33. The Morgan fingerprint density at radius 2 is 1.92 bits per heavy atom. The molecule has 0 radical (unpaired) electrons. The minimum Gasteiger partial charge on any atom is -0.312 e. The van der Waals surface area contributed by atoms with E-state index in [0.29, 0.717) is 29.6 Å². The molecule has 1 aromatic carbocycles. The van der Waals surface area contributed by atoms with Crippen LogP contribution in [0.4, 0.5) is 11.6 Å². The molecule has 1 aliphatic rings. The van der Waals surface area contributed by atoms with E-state index in [1.807, 2.05) is 4.57 Å². The van der Waals surface area contributed by atoms with Gasteiger partial charge < -0.3 is 9.47 Å². The van der Waals surface area contributed by atoms with E-state index < -0.39 is 5.69 Å². The molecule has 0 amide bonds. The van der Waals surface area contributed by atoms with Crippen molar-refractivity contribution in [1.82, 2.24) is 19.1 Å². The van der Waals surface area contributed by atoms with Gasteiger partial charge in [-0.25, -0.2) is 4.79 Å². The average Bonchev–Trinajstić information content (AvgIpc) is 2.99. The van der Waals surface area contributed by atoms with Crippen molar-refractivity contribution in [3.05, 3.63) is 50.7 Å². The van der Waals surface area contributed by atoms with Crippen LogP contribution in [0.15, 0.2) is 33.9 Å². The van der Waals surface area contributed by atoms with Crippen LogP contribution in [0.1, 0.15) is 19.4 Å². The van der Waals surface area contributed by atoms with Crippen molar-refractivity contribution in [1.29, 1.82) is 0 Å². The van der Waals surface area contributed by atoms with E-state index in [2.05, 4.69) is 53.0 Å². The summed E-state index contributed by atoms with van der Waals surface area (Å²) >= 11 is 0. The lowest BCUT2D eigenvalue weighted by Crippen LogP contribution is -2.35. The molecular formula is C18H21N5O2. The third-order valence-electron chi connectivity index (χ3n) is 4.87. The number of aryl methyl sites for hydroxylation is 2. The van der Waals surface area contributed by atoms with E-state index in [1.165, 1.54) is 10.1 Å². The number of hydrogen-bond donors (Lipinski definition) is 1. The van der Waals surface area contributed by atoms with Crippen molar-refractivity contribution in [3.8, 4) is 0 Å². The van der Waals surface area contributed by atoms with Gasteiger partial charge in [-0.05, 0) is 30.0 Å². The van der Waals surface area contributed by atoms with Crippen molar-refractivity contribution in [3.63, 3.8) is 0 Å². The predicted octanol–water partition coefficient (Wildman–Crippen LogP) is 1.77. The number of aromatic amines is 1. The molecule has 0 spiro atoms. The molecule has 7 heteroatoms. The van der Waals surface area contributed by atoms with Crippen LogP contribution in [-0.2, 0) is 20.0 Å². The molecular weight excluding hydrogens is 318 g/mol. The molecule has 1 N–H and O–H groups in total. The van der Waals surface area contributed by atoms with Crippen LogP contribution in [-0.4, -0.2) is 25.6 Å². The minimum absolute atomic E-state index is 0.354. The van der Waals surface area contributed by atoms with Crippen LogP contribution in [0.3, 0.4) is 0 Å². The standard InChI is InChI=1S/C18H21N5O2/c1-4-12-5-7-13(8-6-12)22-9-11(2)10-23-14-15(19-17(22)23)21(3)18(25)20-16(14)24/h5-8,11H,4,9-10H2,1-3H3,(H,20,24,25)/t11-/m0/s1. The molecule has 4 rings (SSSR count). The topological polar surface area (TPSA) is 75.9 Å². The maximum Gasteiger partial charge on any atom is 0.329 e. The van der Waals surface area contributed by atoms with Gasteiger partial charge in [0.05, 0.1) is 0 Å². The summed E-state index contributed by atoms with van der Waals surface area (Å²) in [6, 6.07) is 8.40. The first-order chi connectivity index (χ1) is 12.0. The Hall–Kier alpha value is -2.83. The largest absolute Gasteiger partial charge is 0.329 e. The van der Waals surface area contributed by atoms with Crippen LogP contribution in [0, 0.1) is 5.92 Å². The molecule has 0 saturated heterocycles. The molecule has 2 aromatic heterocycles. The molecule has 0 bridgehead atoms. The van der Waals surface area contributed by atoms with Gasteiger partial charge in [-0.2, -0.15) is 4.98 Å². The predicted molar refractivity (Wildman–Crippen MR) is 97.6 cm³/mol. The monoisotopic (exact) mass is 339 g/mol. The summed E-state index contributed by atoms with van der Waals surface area (Å²) in [6.07, 6.45) is 0.993. The Bertz CT molecular complexity index is 1060. The molecule has 1 atom stereocenters. The Labute approximate surface area is 144 Å². The van der Waals surface area contributed by atoms with Crippen LogP contribution in [0.5, 0.6) is 0 Å². The van der Waals surface area contributed by atoms with Gasteiger partial charge in [-0.15, -0.1) is 0 Å². The zero-order valence-electron chi connectivity index (χ0n) is 14.6. The molecule has 130 valence electrons. The van der Waals surface area contributed by atoms with Crippen LogP contribution >= 0.6 is 0 Å². The summed E-state index contributed by atoms with van der Waals surface area (Å²) < 4.78 is 3.32. The van der Waals surface area contributed by atoms with Gasteiger partial charge in [0, 0.05) is 25.8 Å². The van der Waals surface area contributed by atoms with E-state index in [-0.39, 0.29) is 5.56 Å². The number of anilines is 2. The van der Waals surface area contributed by atoms with Gasteiger partial charge >= 0.3 is 5.69 Å². The second-order valence-corrected chi connectivity index (χ2v) is 6.75. The fourth-order valence-corrected chi connectivity index (χ4v) is 3.50. The highest BCUT2D eigenvalue weighted by molar-refractivity contribution is 5.77. The van der Waals surface area contributed by atoms with Gasteiger partial charge in [0.1, 0.15) is 0 Å². The molecule has 0 saturated carbocycles. The number of rotatable bonds is 2. The maximum absolute atomic E-state index is 12.4. The fourth-order valence-electron chi connectivity index (χ4n) is 3.50. The summed E-state index contributed by atoms with van der Waals surface area (Å²) in [7, 11) is 1.63. The van der Waals surface area contributed by atoms with Crippen LogP contribution in [0.2, 0.25) is 0 Å². The van der Waals surface area contributed by atoms with Gasteiger partial charge in [0.2, 0.25) is 5.95 Å². The number of hydrogen-bond acceptors (Lipinski definition) is 4. The lowest BCUT2D eigenvalue weighted by atomic mass is 10.1. The van der Waals surface area contributed by atoms with Crippen LogP contribution in [0.25, 0.3) is 11.2 Å². The molecule has 25 heavy (non-hydrogen) atoms. The van der Waals surface area contributed by atoms with E-state index in [4.69, 9.17) is 0 Å². The Kier molecular flexibility index (Phi) is 3.52. The molecule has 7 nitrogen and oxygen atoms in total. The maximum atomic E-state index is 12.4. The van der Waals surface area contributed by atoms with Gasteiger partial charge in [-0.1, -0.05) is 26.0 Å². The number of imidazole rings is 1. The number of fused-ring (bicyclic) bond motifs is 3. The van der Waals surface area contributed by atoms with Crippen molar-refractivity contribution in [2.45, 2.75) is 26.8 Å². The Morgan fingerprint density at radius 1 is 1.20 bits per heavy atom. The highest BCUT2D eigenvalue weighted by atomic mass is 16.2. The molecule has 3 aromatic rings. The highest BCUT2D eigenvalue weighted by Crippen LogP contribution is 2.32. The minimum atomic E-state index is -0.445. The second-order valence-electron chi connectivity index (χ2n) is 6.75. The van der Waals surface area contributed by atoms with Gasteiger partial charge in [0.15, 0.2) is 11.2 Å². The highest BCUT2D eigenvalue weighted by Gasteiger charge is 2.28. The van der Waals surface area contributed by atoms with Crippen molar-refractivity contribution in [2.75, 3.05) is 11.4 Å².